The van der Waals surface area contributed by atoms with Gasteiger partial charge in [-0.25, -0.2) is 0 Å². The maximum absolute atomic E-state index is 13.1. The first-order valence-electron chi connectivity index (χ1n) is 14.8. The molecule has 0 aromatic heterocycles. The summed E-state index contributed by atoms with van der Waals surface area (Å²) in [5.41, 5.74) is 9.26. The van der Waals surface area contributed by atoms with E-state index in [1.165, 1.54) is 11.1 Å². The van der Waals surface area contributed by atoms with Crippen LogP contribution in [0.2, 0.25) is 0 Å². The van der Waals surface area contributed by atoms with E-state index in [1.807, 2.05) is 72.7 Å². The van der Waals surface area contributed by atoms with Crippen LogP contribution < -0.4 is 0 Å². The number of carbonyl (C=O) groups is 3. The van der Waals surface area contributed by atoms with Crippen LogP contribution in [0.15, 0.2) is 78.4 Å². The van der Waals surface area contributed by atoms with Crippen molar-refractivity contribution in [1.29, 1.82) is 0 Å². The third-order valence-corrected chi connectivity index (χ3v) is 6.79. The van der Waals surface area contributed by atoms with E-state index in [-0.39, 0.29) is 29.3 Å². The predicted octanol–water partition coefficient (Wildman–Crippen LogP) is 10.2. The van der Waals surface area contributed by atoms with Crippen molar-refractivity contribution < 1.29 is 14.4 Å². The first-order chi connectivity index (χ1) is 19.4. The first-order valence-corrected chi connectivity index (χ1v) is 14.8. The van der Waals surface area contributed by atoms with Gasteiger partial charge in [-0.05, 0) is 89.4 Å². The third kappa shape index (κ3) is 7.21. The molecule has 0 unspecified atom stereocenters. The first kappa shape index (κ1) is 32.4. The van der Waals surface area contributed by atoms with Crippen molar-refractivity contribution in [2.75, 3.05) is 0 Å². The highest BCUT2D eigenvalue weighted by atomic mass is 16.1. The van der Waals surface area contributed by atoms with Gasteiger partial charge in [-0.3, -0.25) is 9.59 Å². The number of unbranched alkanes of at least 4 members (excludes halogenated alkanes) is 1. The molecule has 3 heteroatoms. The second-order valence-electron chi connectivity index (χ2n) is 9.18. The zero-order valence-electron chi connectivity index (χ0n) is 25.5. The van der Waals surface area contributed by atoms with Crippen LogP contribution in [0.1, 0.15) is 103 Å². The Labute approximate surface area is 241 Å². The van der Waals surface area contributed by atoms with E-state index in [1.54, 1.807) is 6.92 Å². The van der Waals surface area contributed by atoms with Gasteiger partial charge in [-0.15, -0.1) is 0 Å². The van der Waals surface area contributed by atoms with Crippen LogP contribution in [0.4, 0.5) is 0 Å². The molecule has 210 valence electrons. The number of fused-ring (bicyclic) bond motifs is 1. The van der Waals surface area contributed by atoms with Gasteiger partial charge in [-0.1, -0.05) is 96.2 Å². The Balaban J connectivity index is 0.000000876. The molecule has 6 rings (SSSR count). The van der Waals surface area contributed by atoms with E-state index in [9.17, 15) is 14.4 Å². The summed E-state index contributed by atoms with van der Waals surface area (Å²) < 4.78 is 0. The van der Waals surface area contributed by atoms with Gasteiger partial charge in [0.15, 0.2) is 11.6 Å². The highest BCUT2D eigenvalue weighted by molar-refractivity contribution is 6.32. The molecule has 0 fully saturated rings. The minimum Gasteiger partial charge on any atom is -0.300 e. The molecule has 0 N–H and O–H groups in total. The SMILES string of the molecule is CC.CC.CC.CC(=O)CCCCC(=O)/C1=C(\C)c2ccc(-c3ccc(C4=CC=C4)cc3)cc2-c2cc(c2)C1=O. The lowest BCUT2D eigenvalue weighted by Crippen LogP contribution is -2.18. The van der Waals surface area contributed by atoms with Gasteiger partial charge >= 0.3 is 0 Å². The number of Topliss-reactive ketones (excluding diaryl/α,β-unsaturated/α-hetero) is 3. The molecule has 3 aliphatic carbocycles. The molecule has 0 amide bonds. The van der Waals surface area contributed by atoms with E-state index in [4.69, 9.17) is 0 Å². The average molecular weight is 537 g/mol. The van der Waals surface area contributed by atoms with E-state index in [0.717, 1.165) is 33.4 Å². The summed E-state index contributed by atoms with van der Waals surface area (Å²) in [6, 6.07) is 18.5. The van der Waals surface area contributed by atoms with E-state index in [2.05, 4.69) is 48.6 Å². The quantitative estimate of drug-likeness (QED) is 0.212. The van der Waals surface area contributed by atoms with Gasteiger partial charge in [0.25, 0.3) is 0 Å². The molecule has 0 atom stereocenters. The number of allylic oxidation sites excluding steroid dienone is 6. The maximum atomic E-state index is 13.1. The molecule has 3 nitrogen and oxygen atoms in total. The Morgan fingerprint density at radius 3 is 1.75 bits per heavy atom. The Morgan fingerprint density at radius 1 is 0.650 bits per heavy atom. The number of hydrogen-bond acceptors (Lipinski definition) is 3. The molecule has 0 saturated carbocycles. The fraction of sp³-hybridized carbons (Fsp3) is 0.324. The zero-order chi connectivity index (χ0) is 29.8. The van der Waals surface area contributed by atoms with Gasteiger partial charge in [0.05, 0.1) is 5.57 Å². The largest absolute Gasteiger partial charge is 0.300 e. The van der Waals surface area contributed by atoms with Crippen molar-refractivity contribution in [3.8, 4) is 22.3 Å². The van der Waals surface area contributed by atoms with Crippen molar-refractivity contribution >= 4 is 28.5 Å². The van der Waals surface area contributed by atoms with Crippen LogP contribution in [-0.2, 0) is 9.59 Å². The van der Waals surface area contributed by atoms with Crippen molar-refractivity contribution in [2.24, 2.45) is 0 Å². The third-order valence-electron chi connectivity index (χ3n) is 6.79. The molecule has 0 saturated heterocycles. The van der Waals surface area contributed by atoms with Crippen molar-refractivity contribution in [1.82, 2.24) is 0 Å². The second kappa shape index (κ2) is 15.7. The number of ketones is 3. The molecule has 0 aliphatic heterocycles. The fourth-order valence-electron chi connectivity index (χ4n) is 4.71. The molecule has 2 bridgehead atoms. The number of benzene rings is 2. The maximum Gasteiger partial charge on any atom is 0.196 e. The Morgan fingerprint density at radius 2 is 1.20 bits per heavy atom. The van der Waals surface area contributed by atoms with Crippen molar-refractivity contribution in [3.05, 3.63) is 95.1 Å². The van der Waals surface area contributed by atoms with Gasteiger partial charge in [0.2, 0.25) is 0 Å². The van der Waals surface area contributed by atoms with Gasteiger partial charge < -0.3 is 4.79 Å². The lowest BCUT2D eigenvalue weighted by Gasteiger charge is -2.22. The number of carbonyl (C=O) groups excluding carboxylic acids is 3. The van der Waals surface area contributed by atoms with Crippen LogP contribution >= 0.6 is 0 Å². The molecule has 3 aliphatic rings. The van der Waals surface area contributed by atoms with Crippen molar-refractivity contribution in [3.63, 3.8) is 0 Å². The summed E-state index contributed by atoms with van der Waals surface area (Å²) >= 11 is 0. The van der Waals surface area contributed by atoms with E-state index >= 15 is 0 Å². The predicted molar refractivity (Wildman–Crippen MR) is 171 cm³/mol. The lowest BCUT2D eigenvalue weighted by atomic mass is 9.79. The summed E-state index contributed by atoms with van der Waals surface area (Å²) in [6.07, 6.45) is 8.27. The monoisotopic (exact) mass is 536 g/mol. The van der Waals surface area contributed by atoms with Crippen LogP contribution in [-0.4, -0.2) is 17.3 Å². The standard InChI is InChI=1S/C31H26O3.3C2H6/c1-19(32)6-3-4-9-29(33)30-20(2)27-15-14-24(18-28(27)25-16-26(17-25)31(30)34)23-12-10-22(11-13-23)21-7-5-8-21;3*1-2/h5,7-8,10-18H,3-4,6,9H2,1-2H3;3*1-2H3/b30-20-;;;. The van der Waals surface area contributed by atoms with Crippen molar-refractivity contribution in [2.45, 2.75) is 81.1 Å². The minimum absolute atomic E-state index is 0.124. The van der Waals surface area contributed by atoms with Crippen LogP contribution in [0.3, 0.4) is 0 Å². The Bertz CT molecular complexity index is 1390. The van der Waals surface area contributed by atoms with Crippen LogP contribution in [0.5, 0.6) is 0 Å². The second-order valence-corrected chi connectivity index (χ2v) is 9.18. The molecule has 0 spiro atoms. The zero-order valence-corrected chi connectivity index (χ0v) is 25.5. The van der Waals surface area contributed by atoms with Gasteiger partial charge in [0, 0.05) is 18.4 Å². The highest BCUT2D eigenvalue weighted by Crippen LogP contribution is 2.40. The summed E-state index contributed by atoms with van der Waals surface area (Å²) in [5, 5.41) is 0. The van der Waals surface area contributed by atoms with Gasteiger partial charge in [0.1, 0.15) is 5.78 Å². The highest BCUT2D eigenvalue weighted by Gasteiger charge is 2.29. The topological polar surface area (TPSA) is 51.2 Å². The Kier molecular flexibility index (Phi) is 12.7. The van der Waals surface area contributed by atoms with E-state index < -0.39 is 0 Å². The summed E-state index contributed by atoms with van der Waals surface area (Å²) in [5.74, 6) is -0.207. The van der Waals surface area contributed by atoms with E-state index in [0.29, 0.717) is 24.8 Å². The van der Waals surface area contributed by atoms with Gasteiger partial charge in [-0.2, -0.15) is 0 Å². The van der Waals surface area contributed by atoms with Crippen LogP contribution in [0.25, 0.3) is 33.4 Å². The smallest absolute Gasteiger partial charge is 0.196 e. The van der Waals surface area contributed by atoms with Crippen LogP contribution in [0, 0.1) is 0 Å². The number of hydrogen-bond donors (Lipinski definition) is 0. The molecule has 3 aromatic rings. The molecule has 0 radical (unpaired) electrons. The molecule has 0 heterocycles. The summed E-state index contributed by atoms with van der Waals surface area (Å²) in [4.78, 5) is 37.4. The molecule has 3 aromatic carbocycles. The average Bonchev–Trinajstić information content (AvgIpc) is 2.92. The lowest BCUT2D eigenvalue weighted by molar-refractivity contribution is -0.118. The summed E-state index contributed by atoms with van der Waals surface area (Å²) in [6.45, 7) is 15.4. The molecule has 40 heavy (non-hydrogen) atoms. The number of rotatable bonds is 8. The fourth-order valence-corrected chi connectivity index (χ4v) is 4.71. The molecular formula is C37H44O3. The Hall–Kier alpha value is -3.85. The summed E-state index contributed by atoms with van der Waals surface area (Å²) in [7, 11) is 0. The molecular weight excluding hydrogens is 492 g/mol. The normalized spacial score (nSPS) is 14.4. The minimum atomic E-state index is -0.192.